The van der Waals surface area contributed by atoms with Crippen LogP contribution in [0.2, 0.25) is 0 Å². The van der Waals surface area contributed by atoms with Crippen molar-refractivity contribution in [2.24, 2.45) is 23.2 Å². The van der Waals surface area contributed by atoms with E-state index in [1.165, 1.54) is 6.42 Å². The van der Waals surface area contributed by atoms with Gasteiger partial charge in [0.2, 0.25) is 0 Å². The van der Waals surface area contributed by atoms with Gasteiger partial charge in [-0.25, -0.2) is 0 Å². The number of aliphatic hydroxyl groups is 1. The van der Waals surface area contributed by atoms with Crippen LogP contribution in [-0.4, -0.2) is 17.2 Å². The third-order valence-electron chi connectivity index (χ3n) is 4.66. The zero-order chi connectivity index (χ0) is 9.92. The molecule has 1 N–H and O–H groups in total. The fourth-order valence-corrected chi connectivity index (χ4v) is 4.30. The summed E-state index contributed by atoms with van der Waals surface area (Å²) in [6.07, 6.45) is 3.92. The smallest absolute Gasteiger partial charge is 0.549 e. The molecule has 88 valence electrons. The van der Waals surface area contributed by atoms with E-state index in [1.54, 1.807) is 0 Å². The Morgan fingerprint density at radius 1 is 1.20 bits per heavy atom. The Balaban J connectivity index is 0.000000853. The van der Waals surface area contributed by atoms with E-state index in [-0.39, 0.29) is 28.3 Å². The number of hydrogen-bond donors (Lipinski definition) is 1. The van der Waals surface area contributed by atoms with Crippen molar-refractivity contribution in [2.45, 2.75) is 38.2 Å². The fourth-order valence-electron chi connectivity index (χ4n) is 4.30. The number of carbonyl (C=O) groups is 1. The van der Waals surface area contributed by atoms with Gasteiger partial charge in [-0.05, 0) is 49.9 Å². The molecule has 3 atom stereocenters. The number of rotatable bonds is 1. The van der Waals surface area contributed by atoms with Crippen molar-refractivity contribution in [1.82, 2.24) is 0 Å². The van der Waals surface area contributed by atoms with Crippen LogP contribution in [0.25, 0.3) is 0 Å². The van der Waals surface area contributed by atoms with Crippen molar-refractivity contribution in [2.75, 3.05) is 0 Å². The van der Waals surface area contributed by atoms with Gasteiger partial charge in [-0.1, -0.05) is 0 Å². The third kappa shape index (κ3) is 1.44. The Kier molecular flexibility index (Phi) is 2.79. The number of aliphatic carboxylic acids is 1. The van der Waals surface area contributed by atoms with Crippen LogP contribution in [0.4, 0.5) is 0 Å². The molecule has 4 aliphatic carbocycles. The topological polar surface area (TPSA) is 60.4 Å². The molecular weight excluding hydrogens is 288 g/mol. The molecule has 4 heteroatoms. The third-order valence-corrected chi connectivity index (χ3v) is 4.66. The molecule has 0 aromatic carbocycles. The van der Waals surface area contributed by atoms with Crippen LogP contribution in [0.3, 0.4) is 0 Å². The number of hydrogen-bond acceptors (Lipinski definition) is 3. The summed E-state index contributed by atoms with van der Waals surface area (Å²) in [5.41, 5.74) is -0.880. The summed E-state index contributed by atoms with van der Waals surface area (Å²) >= 11 is 0. The average molecular weight is 303 g/mol. The van der Waals surface area contributed by atoms with Gasteiger partial charge in [0.05, 0.1) is 12.1 Å². The van der Waals surface area contributed by atoms with E-state index >= 15 is 0 Å². The summed E-state index contributed by atoms with van der Waals surface area (Å²) in [6.45, 7) is 0. The number of carboxylic acid groups (broad SMARTS) is 1. The minimum atomic E-state index is -1.01. The Hall–Kier alpha value is 0.170. The van der Waals surface area contributed by atoms with E-state index in [2.05, 4.69) is 0 Å². The van der Waals surface area contributed by atoms with E-state index < -0.39 is 17.5 Å². The van der Waals surface area contributed by atoms with Crippen LogP contribution < -0.4 is 5.11 Å². The monoisotopic (exact) mass is 302 g/mol. The standard InChI is InChI=1S/C11H16O3.Ag/c12-9-8-2-6-1-7(3-8)5-11(9,4-6)10(13)14;/h6-9,12H,1-5H2,(H,13,14);/q;+1/p-1. The van der Waals surface area contributed by atoms with E-state index in [9.17, 15) is 15.0 Å². The van der Waals surface area contributed by atoms with Crippen molar-refractivity contribution in [1.29, 1.82) is 0 Å². The Morgan fingerprint density at radius 3 is 2.20 bits per heavy atom. The van der Waals surface area contributed by atoms with Crippen molar-refractivity contribution in [3.63, 3.8) is 0 Å². The van der Waals surface area contributed by atoms with Gasteiger partial charge in [-0.15, -0.1) is 0 Å². The molecule has 0 radical (unpaired) electrons. The summed E-state index contributed by atoms with van der Waals surface area (Å²) in [5.74, 6) is 0.297. The average Bonchev–Trinajstić information content (AvgIpc) is 2.12. The number of carboxylic acids is 1. The molecule has 4 aliphatic rings. The van der Waals surface area contributed by atoms with Gasteiger partial charge in [0.1, 0.15) is 0 Å². The molecule has 0 aromatic rings. The van der Waals surface area contributed by atoms with Gasteiger partial charge in [-0.2, -0.15) is 0 Å². The van der Waals surface area contributed by atoms with E-state index in [4.69, 9.17) is 0 Å². The fraction of sp³-hybridized carbons (Fsp3) is 0.909. The first-order valence-electron chi connectivity index (χ1n) is 5.51. The molecule has 4 fully saturated rings. The molecule has 0 amide bonds. The second kappa shape index (κ2) is 3.59. The number of aliphatic hydroxyl groups excluding tert-OH is 1. The first-order chi connectivity index (χ1) is 6.62. The first kappa shape index (κ1) is 11.6. The molecule has 0 heterocycles. The zero-order valence-corrected chi connectivity index (χ0v) is 9.89. The molecule has 0 aromatic heterocycles. The minimum absolute atomic E-state index is 0. The van der Waals surface area contributed by atoms with Gasteiger partial charge in [0.25, 0.3) is 0 Å². The van der Waals surface area contributed by atoms with E-state index in [0.29, 0.717) is 24.7 Å². The maximum Gasteiger partial charge on any atom is 1.00 e. The summed E-state index contributed by atoms with van der Waals surface area (Å²) in [5, 5.41) is 21.2. The molecule has 4 rings (SSSR count). The van der Waals surface area contributed by atoms with Crippen molar-refractivity contribution in [3.8, 4) is 0 Å². The molecular formula is C11H15AgO3. The Bertz CT molecular complexity index is 278. The van der Waals surface area contributed by atoms with Gasteiger partial charge in [0.15, 0.2) is 0 Å². The SMILES string of the molecule is O=C([O-])C12CC3CC(CC(C3)C1O)C2.[Ag+]. The summed E-state index contributed by atoms with van der Waals surface area (Å²) < 4.78 is 0. The second-order valence-electron chi connectivity index (χ2n) is 5.50. The summed E-state index contributed by atoms with van der Waals surface area (Å²) in [6, 6.07) is 0. The Morgan fingerprint density at radius 2 is 1.73 bits per heavy atom. The molecule has 0 aliphatic heterocycles. The van der Waals surface area contributed by atoms with Crippen molar-refractivity contribution in [3.05, 3.63) is 0 Å². The van der Waals surface area contributed by atoms with Crippen LogP contribution in [0.5, 0.6) is 0 Å². The Labute approximate surface area is 105 Å². The predicted octanol–water partition coefficient (Wildman–Crippen LogP) is -0.0790. The van der Waals surface area contributed by atoms with Gasteiger partial charge < -0.3 is 15.0 Å². The van der Waals surface area contributed by atoms with E-state index in [1.807, 2.05) is 0 Å². The molecule has 4 saturated carbocycles. The normalized spacial score (nSPS) is 51.3. The predicted molar refractivity (Wildman–Crippen MR) is 47.0 cm³/mol. The van der Waals surface area contributed by atoms with Gasteiger partial charge >= 0.3 is 22.4 Å². The minimum Gasteiger partial charge on any atom is -0.549 e. The van der Waals surface area contributed by atoms with Crippen LogP contribution in [0, 0.1) is 23.2 Å². The van der Waals surface area contributed by atoms with Gasteiger partial charge in [0, 0.05) is 5.41 Å². The molecule has 3 nitrogen and oxygen atoms in total. The maximum atomic E-state index is 11.2. The summed E-state index contributed by atoms with van der Waals surface area (Å²) in [4.78, 5) is 11.2. The molecule has 4 bridgehead atoms. The summed E-state index contributed by atoms with van der Waals surface area (Å²) in [7, 11) is 0. The van der Waals surface area contributed by atoms with Crippen LogP contribution in [0.1, 0.15) is 32.1 Å². The van der Waals surface area contributed by atoms with Crippen LogP contribution >= 0.6 is 0 Å². The molecule has 0 saturated heterocycles. The van der Waals surface area contributed by atoms with Crippen LogP contribution in [0.15, 0.2) is 0 Å². The first-order valence-corrected chi connectivity index (χ1v) is 5.51. The largest absolute Gasteiger partial charge is 1.00 e. The maximum absolute atomic E-state index is 11.2. The van der Waals surface area contributed by atoms with Crippen molar-refractivity contribution >= 4 is 5.97 Å². The quantitative estimate of drug-likeness (QED) is 0.689. The zero-order valence-electron chi connectivity index (χ0n) is 8.41. The molecule has 3 unspecified atom stereocenters. The van der Waals surface area contributed by atoms with Gasteiger partial charge in [-0.3, -0.25) is 0 Å². The van der Waals surface area contributed by atoms with Crippen LogP contribution in [-0.2, 0) is 27.2 Å². The number of carbonyl (C=O) groups excluding carboxylic acids is 1. The van der Waals surface area contributed by atoms with E-state index in [0.717, 1.165) is 12.8 Å². The molecule has 0 spiro atoms. The molecule has 15 heavy (non-hydrogen) atoms. The second-order valence-corrected chi connectivity index (χ2v) is 5.50. The van der Waals surface area contributed by atoms with Crippen molar-refractivity contribution < 1.29 is 37.4 Å².